The Kier molecular flexibility index (Phi) is 2.03. The summed E-state index contributed by atoms with van der Waals surface area (Å²) in [4.78, 5) is 0. The van der Waals surface area contributed by atoms with Crippen molar-refractivity contribution in [1.82, 2.24) is 0 Å². The Morgan fingerprint density at radius 2 is 1.50 bits per heavy atom. The molecule has 64 valence electrons. The van der Waals surface area contributed by atoms with Gasteiger partial charge in [-0.05, 0) is 0 Å². The van der Waals surface area contributed by atoms with Gasteiger partial charge in [0.05, 0.1) is 6.26 Å². The topological polar surface area (TPSA) is 60.4 Å². The maximum Gasteiger partial charge on any atom is 0.282 e. The van der Waals surface area contributed by atoms with Crippen molar-refractivity contribution in [1.29, 1.82) is 0 Å². The highest BCUT2D eigenvalue weighted by Gasteiger charge is 2.18. The Labute approximate surface area is 61.3 Å². The third-order valence-corrected chi connectivity index (χ3v) is 3.20. The molecule has 0 aliphatic heterocycles. The molecule has 0 radical (unpaired) electrons. The summed E-state index contributed by atoms with van der Waals surface area (Å²) in [6, 6.07) is 0. The Morgan fingerprint density at radius 3 is 1.50 bits per heavy atom. The van der Waals surface area contributed by atoms with Gasteiger partial charge in [0, 0.05) is 18.8 Å². The normalized spacial score (nSPS) is 17.8. The zero-order chi connectivity index (χ0) is 8.65. The Morgan fingerprint density at radius 1 is 1.20 bits per heavy atom. The molecule has 0 spiro atoms. The van der Waals surface area contributed by atoms with Crippen molar-refractivity contribution in [3.05, 3.63) is 0 Å². The second kappa shape index (κ2) is 2.02. The molecule has 0 aliphatic carbocycles. The predicted octanol–water partition coefficient (Wildman–Crippen LogP) is -0.413. The quantitative estimate of drug-likeness (QED) is 0.591. The van der Waals surface area contributed by atoms with E-state index in [1.165, 1.54) is 18.8 Å². The predicted molar refractivity (Wildman–Crippen MR) is 41.8 cm³/mol. The molecule has 10 heavy (non-hydrogen) atoms. The average Bonchev–Trinajstić information content (AvgIpc) is 1.09. The Bertz CT molecular complexity index is 269. The molecule has 0 aromatic heterocycles. The van der Waals surface area contributed by atoms with Crippen molar-refractivity contribution in [3.63, 3.8) is 0 Å². The molecule has 0 bridgehead atoms. The third kappa shape index (κ3) is 8.06. The fraction of sp³-hybridized carbons (Fsp3) is 1.00. The molecule has 0 N–H and O–H groups in total. The number of rotatable bonds is 2. The SMILES string of the molecule is CS(=O)(=O)OS(C)(C)(C)=O. The second-order valence-corrected chi connectivity index (χ2v) is 9.60. The highest BCUT2D eigenvalue weighted by Crippen LogP contribution is 2.16. The van der Waals surface area contributed by atoms with Gasteiger partial charge >= 0.3 is 0 Å². The van der Waals surface area contributed by atoms with Gasteiger partial charge in [0.1, 0.15) is 0 Å². The molecular weight excluding hydrogens is 176 g/mol. The summed E-state index contributed by atoms with van der Waals surface area (Å²) < 4.78 is 36.5. The van der Waals surface area contributed by atoms with Gasteiger partial charge in [0.25, 0.3) is 10.1 Å². The van der Waals surface area contributed by atoms with E-state index < -0.39 is 19.5 Å². The maximum atomic E-state index is 11.2. The van der Waals surface area contributed by atoms with Crippen LogP contribution in [0.5, 0.6) is 0 Å². The zero-order valence-corrected chi connectivity index (χ0v) is 8.08. The smallest absolute Gasteiger partial charge is 0.207 e. The van der Waals surface area contributed by atoms with E-state index in [1.807, 2.05) is 0 Å². The van der Waals surface area contributed by atoms with Crippen molar-refractivity contribution in [2.24, 2.45) is 0 Å². The summed E-state index contributed by atoms with van der Waals surface area (Å²) in [6.07, 6.45) is 4.66. The van der Waals surface area contributed by atoms with Crippen LogP contribution >= 0.6 is 0 Å². The summed E-state index contributed by atoms with van der Waals surface area (Å²) in [7, 11) is -6.96. The highest BCUT2D eigenvalue weighted by molar-refractivity contribution is 8.18. The van der Waals surface area contributed by atoms with E-state index in [9.17, 15) is 12.6 Å². The van der Waals surface area contributed by atoms with Crippen LogP contribution in [0, 0.1) is 0 Å². The van der Waals surface area contributed by atoms with Gasteiger partial charge in [-0.15, -0.1) is 0 Å². The summed E-state index contributed by atoms with van der Waals surface area (Å²) in [5.41, 5.74) is 0. The molecular formula is C4H12O4S2. The lowest BCUT2D eigenvalue weighted by molar-refractivity contribution is 0.491. The highest BCUT2D eigenvalue weighted by atomic mass is 32.3. The van der Waals surface area contributed by atoms with Gasteiger partial charge in [0.15, 0.2) is 0 Å². The minimum atomic E-state index is -3.60. The van der Waals surface area contributed by atoms with E-state index in [4.69, 9.17) is 0 Å². The lowest BCUT2D eigenvalue weighted by atomic mass is 11.9. The van der Waals surface area contributed by atoms with Gasteiger partial charge in [-0.2, -0.15) is 21.4 Å². The molecule has 0 unspecified atom stereocenters. The van der Waals surface area contributed by atoms with Gasteiger partial charge < -0.3 is 0 Å². The first-order valence-electron chi connectivity index (χ1n) is 2.47. The van der Waals surface area contributed by atoms with Crippen molar-refractivity contribution in [2.75, 3.05) is 25.0 Å². The molecule has 6 heteroatoms. The maximum absolute atomic E-state index is 11.2. The lowest BCUT2D eigenvalue weighted by Gasteiger charge is -2.32. The van der Waals surface area contributed by atoms with Crippen LogP contribution in [0.25, 0.3) is 0 Å². The Hall–Kier alpha value is 0.0600. The average molecular weight is 188 g/mol. The first-order valence-corrected chi connectivity index (χ1v) is 7.40. The van der Waals surface area contributed by atoms with Crippen LogP contribution in [-0.4, -0.2) is 37.6 Å². The lowest BCUT2D eigenvalue weighted by Crippen LogP contribution is -2.32. The molecule has 0 heterocycles. The molecule has 0 fully saturated rings. The summed E-state index contributed by atoms with van der Waals surface area (Å²) >= 11 is 0. The molecule has 0 amide bonds. The molecule has 0 saturated heterocycles. The first kappa shape index (κ1) is 10.1. The van der Waals surface area contributed by atoms with Crippen LogP contribution in [0.3, 0.4) is 0 Å². The summed E-state index contributed by atoms with van der Waals surface area (Å²) in [5.74, 6) is 0. The van der Waals surface area contributed by atoms with E-state index >= 15 is 0 Å². The summed E-state index contributed by atoms with van der Waals surface area (Å²) in [5, 5.41) is 0. The molecule has 0 saturated carbocycles. The van der Waals surface area contributed by atoms with Crippen LogP contribution in [0.4, 0.5) is 0 Å². The minimum absolute atomic E-state index is 0.872. The van der Waals surface area contributed by atoms with Crippen LogP contribution in [-0.2, 0) is 23.1 Å². The van der Waals surface area contributed by atoms with E-state index in [2.05, 4.69) is 3.63 Å². The second-order valence-electron chi connectivity index (χ2n) is 3.06. The van der Waals surface area contributed by atoms with Gasteiger partial charge in [-0.25, -0.2) is 4.21 Å². The van der Waals surface area contributed by atoms with Gasteiger partial charge in [0.2, 0.25) is 0 Å². The monoisotopic (exact) mass is 188 g/mol. The fourth-order valence-corrected chi connectivity index (χ4v) is 3.79. The first-order chi connectivity index (χ1) is 3.96. The van der Waals surface area contributed by atoms with Crippen molar-refractivity contribution >= 4 is 19.5 Å². The van der Waals surface area contributed by atoms with E-state index in [-0.39, 0.29) is 0 Å². The molecule has 4 nitrogen and oxygen atoms in total. The van der Waals surface area contributed by atoms with Crippen LogP contribution in [0.2, 0.25) is 0 Å². The van der Waals surface area contributed by atoms with Crippen molar-refractivity contribution in [3.8, 4) is 0 Å². The zero-order valence-electron chi connectivity index (χ0n) is 6.45. The van der Waals surface area contributed by atoms with E-state index in [0.717, 1.165) is 6.26 Å². The van der Waals surface area contributed by atoms with Gasteiger partial charge in [-0.1, -0.05) is 0 Å². The molecule has 0 rings (SSSR count). The van der Waals surface area contributed by atoms with Crippen LogP contribution in [0.15, 0.2) is 0 Å². The molecule has 0 aromatic carbocycles. The van der Waals surface area contributed by atoms with Crippen molar-refractivity contribution in [2.45, 2.75) is 0 Å². The Balaban J connectivity index is 4.67. The third-order valence-electron chi connectivity index (χ3n) is 0.355. The van der Waals surface area contributed by atoms with Crippen LogP contribution < -0.4 is 0 Å². The largest absolute Gasteiger partial charge is 0.282 e. The van der Waals surface area contributed by atoms with Crippen molar-refractivity contribution < 1.29 is 16.3 Å². The fourth-order valence-electron chi connectivity index (χ4n) is 0.421. The minimum Gasteiger partial charge on any atom is -0.207 e. The molecule has 0 atom stereocenters. The van der Waals surface area contributed by atoms with Crippen LogP contribution in [0.1, 0.15) is 0 Å². The standard InChI is InChI=1S/C4H12O4S2/c1-9(5,6)8-10(2,3,4)7/h1-4H3. The number of hydrogen-bond acceptors (Lipinski definition) is 4. The van der Waals surface area contributed by atoms with Gasteiger partial charge in [-0.3, -0.25) is 0 Å². The summed E-state index contributed by atoms with van der Waals surface area (Å²) in [6.45, 7) is 0. The molecule has 0 aliphatic rings. The van der Waals surface area contributed by atoms with E-state index in [1.54, 1.807) is 0 Å². The number of hydrogen-bond donors (Lipinski definition) is 0. The molecule has 0 aromatic rings. The van der Waals surface area contributed by atoms with E-state index in [0.29, 0.717) is 0 Å².